The van der Waals surface area contributed by atoms with Gasteiger partial charge in [0.2, 0.25) is 5.88 Å². The van der Waals surface area contributed by atoms with Crippen LogP contribution in [0.15, 0.2) is 24.3 Å². The molecule has 1 fully saturated rings. The van der Waals surface area contributed by atoms with E-state index in [0.29, 0.717) is 11.8 Å². The molecule has 1 amide bonds. The van der Waals surface area contributed by atoms with Crippen LogP contribution in [0, 0.1) is 12.7 Å². The SMILES string of the molecule is Cc1cc(OCC(=O)NC2CCc3cc(F)ccc32)nc2c1c(C1CC1)nn2C. The number of benzene rings is 1. The van der Waals surface area contributed by atoms with Crippen molar-refractivity contribution < 1.29 is 13.9 Å². The lowest BCUT2D eigenvalue weighted by Gasteiger charge is -2.14. The number of aromatic nitrogens is 3. The van der Waals surface area contributed by atoms with Gasteiger partial charge in [-0.25, -0.2) is 4.39 Å². The molecule has 0 radical (unpaired) electrons. The summed E-state index contributed by atoms with van der Waals surface area (Å²) in [5, 5.41) is 8.72. The summed E-state index contributed by atoms with van der Waals surface area (Å²) in [6.07, 6.45) is 3.90. The van der Waals surface area contributed by atoms with Crippen LogP contribution in [-0.4, -0.2) is 27.3 Å². The second-order valence-electron chi connectivity index (χ2n) is 8.05. The van der Waals surface area contributed by atoms with Gasteiger partial charge in [-0.1, -0.05) is 6.07 Å². The standard InChI is InChI=1S/C22H23FN4O2/c1-12-9-19(25-22-20(12)21(13-3-4-13)26-27(22)2)29-11-18(28)24-17-8-5-14-10-15(23)6-7-16(14)17/h6-7,9-10,13,17H,3-5,8,11H2,1-2H3,(H,24,28). The maximum Gasteiger partial charge on any atom is 0.258 e. The number of hydrogen-bond acceptors (Lipinski definition) is 4. The molecule has 1 saturated carbocycles. The van der Waals surface area contributed by atoms with Gasteiger partial charge in [-0.05, 0) is 61.4 Å². The highest BCUT2D eigenvalue weighted by molar-refractivity contribution is 5.84. The largest absolute Gasteiger partial charge is 0.468 e. The fourth-order valence-corrected chi connectivity index (χ4v) is 4.26. The van der Waals surface area contributed by atoms with Crippen molar-refractivity contribution in [2.24, 2.45) is 7.05 Å². The van der Waals surface area contributed by atoms with Crippen molar-refractivity contribution in [3.05, 3.63) is 52.5 Å². The second kappa shape index (κ2) is 6.83. The lowest BCUT2D eigenvalue weighted by Crippen LogP contribution is -2.31. The molecule has 0 spiro atoms. The van der Waals surface area contributed by atoms with E-state index in [9.17, 15) is 9.18 Å². The maximum absolute atomic E-state index is 13.4. The van der Waals surface area contributed by atoms with Crippen LogP contribution in [0.5, 0.6) is 5.88 Å². The first-order valence-corrected chi connectivity index (χ1v) is 10.0. The molecular formula is C22H23FN4O2. The van der Waals surface area contributed by atoms with Crippen molar-refractivity contribution in [1.82, 2.24) is 20.1 Å². The fraction of sp³-hybridized carbons (Fsp3) is 0.409. The van der Waals surface area contributed by atoms with Crippen molar-refractivity contribution in [2.75, 3.05) is 6.61 Å². The van der Waals surface area contributed by atoms with E-state index in [-0.39, 0.29) is 24.4 Å². The highest BCUT2D eigenvalue weighted by Gasteiger charge is 2.30. The topological polar surface area (TPSA) is 69.0 Å². The van der Waals surface area contributed by atoms with Crippen molar-refractivity contribution in [2.45, 2.75) is 44.6 Å². The number of rotatable bonds is 5. The van der Waals surface area contributed by atoms with Crippen LogP contribution >= 0.6 is 0 Å². The molecule has 0 bridgehead atoms. The van der Waals surface area contributed by atoms with Crippen LogP contribution in [0.2, 0.25) is 0 Å². The lowest BCUT2D eigenvalue weighted by molar-refractivity contribution is -0.123. The molecule has 5 rings (SSSR count). The molecule has 3 aromatic rings. The number of nitrogens with zero attached hydrogens (tertiary/aromatic N) is 3. The van der Waals surface area contributed by atoms with Gasteiger partial charge in [-0.3, -0.25) is 9.48 Å². The molecule has 0 aliphatic heterocycles. The average molecular weight is 394 g/mol. The van der Waals surface area contributed by atoms with Crippen molar-refractivity contribution in [3.8, 4) is 5.88 Å². The Labute approximate surface area is 168 Å². The number of amides is 1. The third-order valence-electron chi connectivity index (χ3n) is 5.83. The maximum atomic E-state index is 13.4. The van der Waals surface area contributed by atoms with E-state index < -0.39 is 0 Å². The summed E-state index contributed by atoms with van der Waals surface area (Å²) in [6.45, 7) is 1.91. The second-order valence-corrected chi connectivity index (χ2v) is 8.05. The molecule has 2 aromatic heterocycles. The van der Waals surface area contributed by atoms with E-state index in [2.05, 4.69) is 15.4 Å². The lowest BCUT2D eigenvalue weighted by atomic mass is 10.1. The predicted octanol–water partition coefficient (Wildman–Crippen LogP) is 3.48. The van der Waals surface area contributed by atoms with Crippen molar-refractivity contribution in [3.63, 3.8) is 0 Å². The Bertz CT molecular complexity index is 1120. The molecule has 2 heterocycles. The zero-order valence-corrected chi connectivity index (χ0v) is 16.5. The van der Waals surface area contributed by atoms with Gasteiger partial charge in [-0.15, -0.1) is 0 Å². The van der Waals surface area contributed by atoms with Crippen LogP contribution in [0.3, 0.4) is 0 Å². The van der Waals surface area contributed by atoms with E-state index in [4.69, 9.17) is 4.74 Å². The number of halogens is 1. The molecule has 2 aliphatic carbocycles. The Morgan fingerprint density at radius 3 is 2.93 bits per heavy atom. The third-order valence-corrected chi connectivity index (χ3v) is 5.83. The van der Waals surface area contributed by atoms with Gasteiger partial charge in [-0.2, -0.15) is 10.1 Å². The molecule has 29 heavy (non-hydrogen) atoms. The highest BCUT2D eigenvalue weighted by atomic mass is 19.1. The summed E-state index contributed by atoms with van der Waals surface area (Å²) < 4.78 is 20.8. The number of carbonyl (C=O) groups is 1. The van der Waals surface area contributed by atoms with Crippen molar-refractivity contribution >= 4 is 16.9 Å². The summed E-state index contributed by atoms with van der Waals surface area (Å²) in [4.78, 5) is 17.0. The first kappa shape index (κ1) is 18.1. The Balaban J connectivity index is 1.28. The normalized spacial score (nSPS) is 18.1. The number of pyridine rings is 1. The molecule has 1 unspecified atom stereocenters. The van der Waals surface area contributed by atoms with Crippen molar-refractivity contribution in [1.29, 1.82) is 0 Å². The molecule has 7 heteroatoms. The van der Waals surface area contributed by atoms with E-state index in [1.165, 1.54) is 18.9 Å². The summed E-state index contributed by atoms with van der Waals surface area (Å²) >= 11 is 0. The Morgan fingerprint density at radius 2 is 2.14 bits per heavy atom. The monoisotopic (exact) mass is 394 g/mol. The number of fused-ring (bicyclic) bond motifs is 2. The molecule has 1 atom stereocenters. The third kappa shape index (κ3) is 3.34. The van der Waals surface area contributed by atoms with Gasteiger partial charge in [0.1, 0.15) is 5.82 Å². The van der Waals surface area contributed by atoms with Crippen LogP contribution in [0.1, 0.15) is 53.6 Å². The van der Waals surface area contributed by atoms with Gasteiger partial charge in [0.25, 0.3) is 5.91 Å². The molecule has 150 valence electrons. The summed E-state index contributed by atoms with van der Waals surface area (Å²) in [5.74, 6) is 0.509. The number of carbonyl (C=O) groups excluding carboxylic acids is 1. The molecular weight excluding hydrogens is 371 g/mol. The molecule has 1 N–H and O–H groups in total. The predicted molar refractivity (Wildman–Crippen MR) is 106 cm³/mol. The summed E-state index contributed by atoms with van der Waals surface area (Å²) in [6, 6.07) is 6.51. The zero-order chi connectivity index (χ0) is 20.1. The molecule has 2 aliphatic rings. The number of nitrogens with one attached hydrogen (secondary N) is 1. The number of hydrogen-bond donors (Lipinski definition) is 1. The molecule has 0 saturated heterocycles. The van der Waals surface area contributed by atoms with Gasteiger partial charge in [0.15, 0.2) is 12.3 Å². The van der Waals surface area contributed by atoms with E-state index in [0.717, 1.165) is 46.3 Å². The van der Waals surface area contributed by atoms with Gasteiger partial charge < -0.3 is 10.1 Å². The zero-order valence-electron chi connectivity index (χ0n) is 16.5. The van der Waals surface area contributed by atoms with Gasteiger partial charge in [0.05, 0.1) is 11.7 Å². The Morgan fingerprint density at radius 1 is 1.31 bits per heavy atom. The number of aryl methyl sites for hydroxylation is 3. The Hall–Kier alpha value is -2.96. The van der Waals surface area contributed by atoms with Gasteiger partial charge in [0, 0.05) is 24.4 Å². The van der Waals surface area contributed by atoms with Crippen LogP contribution < -0.4 is 10.1 Å². The first-order chi connectivity index (χ1) is 14.0. The van der Waals surface area contributed by atoms with E-state index in [1.54, 1.807) is 16.8 Å². The van der Waals surface area contributed by atoms with Crippen LogP contribution in [-0.2, 0) is 18.3 Å². The minimum absolute atomic E-state index is 0.1000. The fourth-order valence-electron chi connectivity index (χ4n) is 4.26. The minimum Gasteiger partial charge on any atom is -0.468 e. The van der Waals surface area contributed by atoms with Crippen LogP contribution in [0.4, 0.5) is 4.39 Å². The highest BCUT2D eigenvalue weighted by Crippen LogP contribution is 2.43. The van der Waals surface area contributed by atoms with E-state index >= 15 is 0 Å². The van der Waals surface area contributed by atoms with E-state index in [1.807, 2.05) is 20.0 Å². The Kier molecular flexibility index (Phi) is 4.26. The van der Waals surface area contributed by atoms with Gasteiger partial charge >= 0.3 is 0 Å². The molecule has 1 aromatic carbocycles. The quantitative estimate of drug-likeness (QED) is 0.719. The minimum atomic E-state index is -0.240. The average Bonchev–Trinajstić information content (AvgIpc) is 3.39. The smallest absolute Gasteiger partial charge is 0.258 e. The summed E-state index contributed by atoms with van der Waals surface area (Å²) in [7, 11) is 1.89. The first-order valence-electron chi connectivity index (χ1n) is 10.0. The van der Waals surface area contributed by atoms with Crippen LogP contribution in [0.25, 0.3) is 11.0 Å². The molecule has 6 nitrogen and oxygen atoms in total. The summed E-state index contributed by atoms with van der Waals surface area (Å²) in [5.41, 5.74) is 4.91. The number of ether oxygens (including phenoxy) is 1.